The minimum Gasteiger partial charge on any atom is -0.463 e. The first-order valence-electron chi connectivity index (χ1n) is 8.03. The van der Waals surface area contributed by atoms with E-state index in [1.165, 1.54) is 0 Å². The minimum absolute atomic E-state index is 0.0510. The molecule has 1 heterocycles. The molecule has 126 valence electrons. The van der Waals surface area contributed by atoms with Crippen molar-refractivity contribution >= 4 is 11.7 Å². The molecule has 0 aliphatic carbocycles. The van der Waals surface area contributed by atoms with Crippen LogP contribution in [0.2, 0.25) is 0 Å². The second-order valence-electron chi connectivity index (χ2n) is 6.00. The third-order valence-electron chi connectivity index (χ3n) is 3.78. The molecule has 0 radical (unpaired) electrons. The molecule has 0 aromatic heterocycles. The molecule has 1 aliphatic heterocycles. The summed E-state index contributed by atoms with van der Waals surface area (Å²) in [6.45, 7) is 6.06. The summed E-state index contributed by atoms with van der Waals surface area (Å²) in [6.07, 6.45) is 0.609. The van der Waals surface area contributed by atoms with Gasteiger partial charge in [-0.3, -0.25) is 0 Å². The Hall–Kier alpha value is -2.74. The predicted molar refractivity (Wildman–Crippen MR) is 90.9 cm³/mol. The number of rotatable bonds is 5. The van der Waals surface area contributed by atoms with E-state index >= 15 is 0 Å². The van der Waals surface area contributed by atoms with Crippen LogP contribution in [0.1, 0.15) is 32.8 Å². The first-order valence-corrected chi connectivity index (χ1v) is 8.03. The molecule has 0 fully saturated rings. The van der Waals surface area contributed by atoms with Crippen LogP contribution in [0.5, 0.6) is 0 Å². The van der Waals surface area contributed by atoms with Crippen LogP contribution >= 0.6 is 0 Å². The van der Waals surface area contributed by atoms with E-state index < -0.39 is 11.9 Å². The molecule has 5 nitrogen and oxygen atoms in total. The predicted octanol–water partition coefficient (Wildman–Crippen LogP) is 3.35. The molecule has 1 aromatic rings. The van der Waals surface area contributed by atoms with Crippen LogP contribution in [0.4, 0.5) is 0 Å². The van der Waals surface area contributed by atoms with Gasteiger partial charge in [-0.05, 0) is 19.3 Å². The molecule has 0 saturated carbocycles. The summed E-state index contributed by atoms with van der Waals surface area (Å²) in [6, 6.07) is 11.4. The third-order valence-corrected chi connectivity index (χ3v) is 3.78. The SMILES string of the molecule is CCOC(=O)C1=C(c2ccccc2)OC(N)=C(C#N)C1CC(C)C. The van der Waals surface area contributed by atoms with Crippen molar-refractivity contribution in [3.05, 3.63) is 52.9 Å². The Balaban J connectivity index is 2.63. The van der Waals surface area contributed by atoms with Gasteiger partial charge in [0.2, 0.25) is 5.88 Å². The molecule has 1 aromatic carbocycles. The monoisotopic (exact) mass is 326 g/mol. The lowest BCUT2D eigenvalue weighted by atomic mass is 9.81. The standard InChI is InChI=1S/C19H22N2O3/c1-4-23-19(22)16-14(10-12(2)3)15(11-20)18(21)24-17(16)13-8-6-5-7-9-13/h5-9,12,14H,4,10,21H2,1-3H3. The number of hydrogen-bond donors (Lipinski definition) is 1. The summed E-state index contributed by atoms with van der Waals surface area (Å²) in [5, 5.41) is 9.49. The normalized spacial score (nSPS) is 17.5. The van der Waals surface area contributed by atoms with Gasteiger partial charge in [-0.2, -0.15) is 5.26 Å². The summed E-state index contributed by atoms with van der Waals surface area (Å²) in [7, 11) is 0. The largest absolute Gasteiger partial charge is 0.463 e. The lowest BCUT2D eigenvalue weighted by molar-refractivity contribution is -0.139. The average molecular weight is 326 g/mol. The lowest BCUT2D eigenvalue weighted by Crippen LogP contribution is -2.27. The smallest absolute Gasteiger partial charge is 0.338 e. The number of nitriles is 1. The van der Waals surface area contributed by atoms with Crippen molar-refractivity contribution in [2.24, 2.45) is 17.6 Å². The van der Waals surface area contributed by atoms with E-state index in [0.29, 0.717) is 17.8 Å². The van der Waals surface area contributed by atoms with Crippen molar-refractivity contribution in [1.29, 1.82) is 5.26 Å². The molecule has 5 heteroatoms. The molecular weight excluding hydrogens is 304 g/mol. The molecule has 0 bridgehead atoms. The fourth-order valence-electron chi connectivity index (χ4n) is 2.78. The number of nitrogens with zero attached hydrogens (tertiary/aromatic N) is 1. The van der Waals surface area contributed by atoms with E-state index in [0.717, 1.165) is 5.56 Å². The molecular formula is C19H22N2O3. The summed E-state index contributed by atoms with van der Waals surface area (Å²) >= 11 is 0. The van der Waals surface area contributed by atoms with Crippen LogP contribution in [-0.2, 0) is 14.3 Å². The van der Waals surface area contributed by atoms with E-state index in [1.54, 1.807) is 6.92 Å². The van der Waals surface area contributed by atoms with Crippen molar-refractivity contribution < 1.29 is 14.3 Å². The highest BCUT2D eigenvalue weighted by Gasteiger charge is 2.37. The van der Waals surface area contributed by atoms with Crippen LogP contribution in [0, 0.1) is 23.2 Å². The minimum atomic E-state index is -0.470. The van der Waals surface area contributed by atoms with Crippen molar-refractivity contribution in [3.8, 4) is 6.07 Å². The number of nitrogens with two attached hydrogens (primary N) is 1. The number of benzene rings is 1. The fourth-order valence-corrected chi connectivity index (χ4v) is 2.78. The Morgan fingerprint density at radius 3 is 2.58 bits per heavy atom. The van der Waals surface area contributed by atoms with Crippen LogP contribution in [-0.4, -0.2) is 12.6 Å². The summed E-state index contributed by atoms with van der Waals surface area (Å²) < 4.78 is 10.9. The highest BCUT2D eigenvalue weighted by atomic mass is 16.5. The van der Waals surface area contributed by atoms with Crippen molar-refractivity contribution in [2.45, 2.75) is 27.2 Å². The van der Waals surface area contributed by atoms with Crippen molar-refractivity contribution in [1.82, 2.24) is 0 Å². The lowest BCUT2D eigenvalue weighted by Gasteiger charge is -2.28. The van der Waals surface area contributed by atoms with Crippen molar-refractivity contribution in [2.75, 3.05) is 6.61 Å². The number of hydrogen-bond acceptors (Lipinski definition) is 5. The van der Waals surface area contributed by atoms with Gasteiger partial charge in [0, 0.05) is 11.5 Å². The van der Waals surface area contributed by atoms with Crippen molar-refractivity contribution in [3.63, 3.8) is 0 Å². The Labute approximate surface area is 142 Å². The molecule has 1 atom stereocenters. The Morgan fingerprint density at radius 2 is 2.04 bits per heavy atom. The summed E-state index contributed by atoms with van der Waals surface area (Å²) in [5.41, 5.74) is 7.35. The number of carbonyl (C=O) groups is 1. The maximum absolute atomic E-state index is 12.6. The number of allylic oxidation sites excluding steroid dienone is 1. The number of ether oxygens (including phenoxy) is 2. The summed E-state index contributed by atoms with van der Waals surface area (Å²) in [4.78, 5) is 12.6. The van der Waals surface area contributed by atoms with E-state index in [1.807, 2.05) is 44.2 Å². The van der Waals surface area contributed by atoms with Gasteiger partial charge in [-0.15, -0.1) is 0 Å². The second kappa shape index (κ2) is 7.69. The van der Waals surface area contributed by atoms with Gasteiger partial charge in [-0.25, -0.2) is 4.79 Å². The van der Waals surface area contributed by atoms with Gasteiger partial charge in [0.05, 0.1) is 17.8 Å². The maximum atomic E-state index is 12.6. The Kier molecular flexibility index (Phi) is 5.64. The molecule has 0 spiro atoms. The van der Waals surface area contributed by atoms with Crippen LogP contribution < -0.4 is 5.73 Å². The van der Waals surface area contributed by atoms with Gasteiger partial charge < -0.3 is 15.2 Å². The first kappa shape index (κ1) is 17.6. The zero-order chi connectivity index (χ0) is 17.7. The highest BCUT2D eigenvalue weighted by molar-refractivity contribution is 5.98. The first-order chi connectivity index (χ1) is 11.5. The number of esters is 1. The average Bonchev–Trinajstić information content (AvgIpc) is 2.55. The van der Waals surface area contributed by atoms with Crippen LogP contribution in [0.3, 0.4) is 0 Å². The van der Waals surface area contributed by atoms with Crippen LogP contribution in [0.25, 0.3) is 5.76 Å². The van der Waals surface area contributed by atoms with Crippen LogP contribution in [0.15, 0.2) is 47.4 Å². The molecule has 1 unspecified atom stereocenters. The van der Waals surface area contributed by atoms with Gasteiger partial charge >= 0.3 is 5.97 Å². The van der Waals surface area contributed by atoms with E-state index in [9.17, 15) is 10.1 Å². The van der Waals surface area contributed by atoms with E-state index in [4.69, 9.17) is 15.2 Å². The zero-order valence-corrected chi connectivity index (χ0v) is 14.2. The van der Waals surface area contributed by atoms with Gasteiger partial charge in [0.1, 0.15) is 11.8 Å². The van der Waals surface area contributed by atoms with Gasteiger partial charge in [-0.1, -0.05) is 44.2 Å². The fraction of sp³-hybridized carbons (Fsp3) is 0.368. The van der Waals surface area contributed by atoms with Gasteiger partial charge in [0.15, 0.2) is 0 Å². The molecule has 2 rings (SSSR count). The van der Waals surface area contributed by atoms with E-state index in [-0.39, 0.29) is 24.0 Å². The van der Waals surface area contributed by atoms with E-state index in [2.05, 4.69) is 6.07 Å². The third kappa shape index (κ3) is 3.60. The molecule has 2 N–H and O–H groups in total. The quantitative estimate of drug-likeness (QED) is 0.839. The Bertz CT molecular complexity index is 712. The molecule has 0 saturated heterocycles. The Morgan fingerprint density at radius 1 is 1.38 bits per heavy atom. The maximum Gasteiger partial charge on any atom is 0.338 e. The molecule has 0 amide bonds. The molecule has 24 heavy (non-hydrogen) atoms. The summed E-state index contributed by atoms with van der Waals surface area (Å²) in [5.74, 6) is -0.211. The number of carbonyl (C=O) groups excluding carboxylic acids is 1. The van der Waals surface area contributed by atoms with Gasteiger partial charge in [0.25, 0.3) is 0 Å². The molecule has 1 aliphatic rings. The topological polar surface area (TPSA) is 85.3 Å². The zero-order valence-electron chi connectivity index (χ0n) is 14.2. The second-order valence-corrected chi connectivity index (χ2v) is 6.00. The highest BCUT2D eigenvalue weighted by Crippen LogP contribution is 2.39.